The van der Waals surface area contributed by atoms with Gasteiger partial charge in [0, 0.05) is 11.0 Å². The van der Waals surface area contributed by atoms with Gasteiger partial charge < -0.3 is 9.73 Å². The first-order valence-electron chi connectivity index (χ1n) is 3.33. The van der Waals surface area contributed by atoms with Crippen LogP contribution in [-0.2, 0) is 0 Å². The number of nitrogens with one attached hydrogen (secondary N) is 1. The summed E-state index contributed by atoms with van der Waals surface area (Å²) < 4.78 is 5.77. The minimum Gasteiger partial charge on any atom is -0.440 e. The number of hydrogen-bond donors (Lipinski definition) is 1. The van der Waals surface area contributed by atoms with E-state index in [9.17, 15) is 4.79 Å². The third-order valence-corrected chi connectivity index (χ3v) is 1.92. The molecule has 0 saturated carbocycles. The monoisotopic (exact) mass is 299 g/mol. The fraction of sp³-hybridized carbons (Fsp3) is 0.286. The van der Waals surface area contributed by atoms with Crippen molar-refractivity contribution in [1.82, 2.24) is 5.32 Å². The summed E-state index contributed by atoms with van der Waals surface area (Å²) >= 11 is 7.66. The zero-order chi connectivity index (χ0) is 8.97. The van der Waals surface area contributed by atoms with Crippen molar-refractivity contribution in [3.8, 4) is 0 Å². The third-order valence-electron chi connectivity index (χ3n) is 1.18. The van der Waals surface area contributed by atoms with Gasteiger partial charge in [0.05, 0.1) is 0 Å². The first-order chi connectivity index (χ1) is 5.74. The fourth-order valence-corrected chi connectivity index (χ4v) is 1.10. The van der Waals surface area contributed by atoms with Gasteiger partial charge in [-0.1, -0.05) is 22.6 Å². The second-order valence-electron chi connectivity index (χ2n) is 2.05. The average Bonchev–Trinajstić information content (AvgIpc) is 2.47. The predicted octanol–water partition coefficient (Wildman–Crippen LogP) is 2.10. The Hall–Kier alpha value is -0.230. The normalized spacial score (nSPS) is 9.83. The zero-order valence-electron chi connectivity index (χ0n) is 6.14. The van der Waals surface area contributed by atoms with Gasteiger partial charge in [-0.3, -0.25) is 4.79 Å². The molecule has 0 radical (unpaired) electrons. The Balaban J connectivity index is 2.53. The number of alkyl halides is 1. The maximum Gasteiger partial charge on any atom is 0.287 e. The van der Waals surface area contributed by atoms with Crippen LogP contribution in [0.1, 0.15) is 10.6 Å². The van der Waals surface area contributed by atoms with Crippen molar-refractivity contribution in [3.63, 3.8) is 0 Å². The Kier molecular flexibility index (Phi) is 3.87. The van der Waals surface area contributed by atoms with E-state index >= 15 is 0 Å². The van der Waals surface area contributed by atoms with E-state index < -0.39 is 0 Å². The molecule has 0 aliphatic carbocycles. The van der Waals surface area contributed by atoms with Crippen molar-refractivity contribution >= 4 is 40.1 Å². The number of carbonyl (C=O) groups is 1. The molecule has 0 atom stereocenters. The van der Waals surface area contributed by atoms with Crippen molar-refractivity contribution in [1.29, 1.82) is 0 Å². The van der Waals surface area contributed by atoms with Crippen LogP contribution in [-0.4, -0.2) is 16.9 Å². The molecule has 1 aromatic rings. The van der Waals surface area contributed by atoms with E-state index in [0.29, 0.717) is 6.54 Å². The van der Waals surface area contributed by atoms with Crippen molar-refractivity contribution in [2.75, 3.05) is 11.0 Å². The summed E-state index contributed by atoms with van der Waals surface area (Å²) in [5.41, 5.74) is 0. The molecule has 1 rings (SSSR count). The van der Waals surface area contributed by atoms with Gasteiger partial charge in [0.2, 0.25) is 0 Å². The Bertz CT molecular complexity index is 274. The minimum absolute atomic E-state index is 0.224. The SMILES string of the molecule is O=C(NCCI)c1ccc(Cl)o1. The van der Waals surface area contributed by atoms with E-state index in [1.165, 1.54) is 0 Å². The van der Waals surface area contributed by atoms with Gasteiger partial charge in [-0.15, -0.1) is 0 Å². The van der Waals surface area contributed by atoms with Crippen molar-refractivity contribution in [2.24, 2.45) is 0 Å². The second-order valence-corrected chi connectivity index (χ2v) is 3.50. The lowest BCUT2D eigenvalue weighted by molar-refractivity contribution is 0.0929. The van der Waals surface area contributed by atoms with E-state index in [1.54, 1.807) is 12.1 Å². The summed E-state index contributed by atoms with van der Waals surface area (Å²) in [5.74, 6) is 0.0309. The van der Waals surface area contributed by atoms with Gasteiger partial charge in [-0.05, 0) is 23.7 Å². The molecule has 66 valence electrons. The average molecular weight is 299 g/mol. The molecule has 0 aliphatic rings. The van der Waals surface area contributed by atoms with E-state index in [-0.39, 0.29) is 16.9 Å². The fourth-order valence-electron chi connectivity index (χ4n) is 0.684. The summed E-state index contributed by atoms with van der Waals surface area (Å²) in [6.07, 6.45) is 0. The number of furan rings is 1. The second kappa shape index (κ2) is 4.71. The lowest BCUT2D eigenvalue weighted by Crippen LogP contribution is -2.24. The molecular weight excluding hydrogens is 292 g/mol. The lowest BCUT2D eigenvalue weighted by Gasteiger charge is -1.97. The molecule has 1 amide bonds. The molecule has 12 heavy (non-hydrogen) atoms. The number of rotatable bonds is 3. The highest BCUT2D eigenvalue weighted by atomic mass is 127. The van der Waals surface area contributed by atoms with Crippen molar-refractivity contribution in [3.05, 3.63) is 23.1 Å². The molecule has 1 N–H and O–H groups in total. The first kappa shape index (κ1) is 9.85. The van der Waals surface area contributed by atoms with Crippen LogP contribution < -0.4 is 5.32 Å². The topological polar surface area (TPSA) is 42.2 Å². The molecular formula is C7H7ClINO2. The van der Waals surface area contributed by atoms with Crippen LogP contribution in [0.15, 0.2) is 16.5 Å². The molecule has 0 unspecified atom stereocenters. The van der Waals surface area contributed by atoms with Crippen molar-refractivity contribution in [2.45, 2.75) is 0 Å². The highest BCUT2D eigenvalue weighted by Crippen LogP contribution is 2.12. The Morgan fingerprint density at radius 2 is 2.42 bits per heavy atom. The quantitative estimate of drug-likeness (QED) is 0.686. The summed E-state index contributed by atoms with van der Waals surface area (Å²) in [5, 5.41) is 2.89. The summed E-state index contributed by atoms with van der Waals surface area (Å²) in [6.45, 7) is 0.637. The van der Waals surface area contributed by atoms with Crippen LogP contribution >= 0.6 is 34.2 Å². The van der Waals surface area contributed by atoms with Gasteiger partial charge in [0.15, 0.2) is 11.0 Å². The van der Waals surface area contributed by atoms with Gasteiger partial charge >= 0.3 is 0 Å². The minimum atomic E-state index is -0.224. The molecule has 0 fully saturated rings. The van der Waals surface area contributed by atoms with E-state index in [1.807, 2.05) is 0 Å². The number of halogens is 2. The summed E-state index contributed by atoms with van der Waals surface area (Å²) in [6, 6.07) is 3.09. The molecule has 0 saturated heterocycles. The van der Waals surface area contributed by atoms with E-state index in [0.717, 1.165) is 4.43 Å². The number of carbonyl (C=O) groups excluding carboxylic acids is 1. The third kappa shape index (κ3) is 2.67. The number of hydrogen-bond acceptors (Lipinski definition) is 2. The maximum absolute atomic E-state index is 11.2. The highest BCUT2D eigenvalue weighted by Gasteiger charge is 2.08. The van der Waals surface area contributed by atoms with Crippen LogP contribution in [0.3, 0.4) is 0 Å². The molecule has 5 heteroatoms. The van der Waals surface area contributed by atoms with Crippen molar-refractivity contribution < 1.29 is 9.21 Å². The Labute approximate surface area is 88.6 Å². The first-order valence-corrected chi connectivity index (χ1v) is 5.24. The lowest BCUT2D eigenvalue weighted by atomic mass is 10.4. The van der Waals surface area contributed by atoms with Gasteiger partial charge in [0.1, 0.15) is 0 Å². The van der Waals surface area contributed by atoms with Crippen LogP contribution in [0.25, 0.3) is 0 Å². The summed E-state index contributed by atoms with van der Waals surface area (Å²) in [4.78, 5) is 11.2. The Morgan fingerprint density at radius 3 is 2.92 bits per heavy atom. The maximum atomic E-state index is 11.2. The zero-order valence-corrected chi connectivity index (χ0v) is 9.05. The Morgan fingerprint density at radius 1 is 1.67 bits per heavy atom. The van der Waals surface area contributed by atoms with E-state index in [4.69, 9.17) is 16.0 Å². The standard InChI is InChI=1S/C7H7ClINO2/c8-6-2-1-5(12-6)7(11)10-4-3-9/h1-2H,3-4H2,(H,10,11). The highest BCUT2D eigenvalue weighted by molar-refractivity contribution is 14.1. The van der Waals surface area contributed by atoms with Crippen LogP contribution in [0.4, 0.5) is 0 Å². The molecule has 1 heterocycles. The molecule has 3 nitrogen and oxygen atoms in total. The van der Waals surface area contributed by atoms with Crippen LogP contribution in [0.5, 0.6) is 0 Å². The van der Waals surface area contributed by atoms with E-state index in [2.05, 4.69) is 27.9 Å². The number of amides is 1. The summed E-state index contributed by atoms with van der Waals surface area (Å²) in [7, 11) is 0. The molecule has 0 spiro atoms. The van der Waals surface area contributed by atoms with Gasteiger partial charge in [-0.25, -0.2) is 0 Å². The predicted molar refractivity (Wildman–Crippen MR) is 54.9 cm³/mol. The van der Waals surface area contributed by atoms with Crippen LogP contribution in [0.2, 0.25) is 5.22 Å². The van der Waals surface area contributed by atoms with Crippen LogP contribution in [0, 0.1) is 0 Å². The smallest absolute Gasteiger partial charge is 0.287 e. The molecule has 0 aliphatic heterocycles. The molecule has 0 aromatic carbocycles. The molecule has 1 aromatic heterocycles. The van der Waals surface area contributed by atoms with Gasteiger partial charge in [-0.2, -0.15) is 0 Å². The van der Waals surface area contributed by atoms with Gasteiger partial charge in [0.25, 0.3) is 5.91 Å². The largest absolute Gasteiger partial charge is 0.440 e. The molecule has 0 bridgehead atoms.